The highest BCUT2D eigenvalue weighted by molar-refractivity contribution is 5.90. The summed E-state index contributed by atoms with van der Waals surface area (Å²) in [4.78, 5) is 5.55. The SMILES string of the molecule is C/C(=C/n1c2c(c3cc(C)ccc31)CN(CC(F)(F)F)CC2)c1ccncc1. The number of aryl methyl sites for hydroxylation is 1. The number of aromatic nitrogens is 2. The molecule has 0 fully saturated rings. The predicted molar refractivity (Wildman–Crippen MR) is 106 cm³/mol. The molecule has 28 heavy (non-hydrogen) atoms. The molecule has 6 heteroatoms. The van der Waals surface area contributed by atoms with Crippen molar-refractivity contribution in [2.24, 2.45) is 0 Å². The van der Waals surface area contributed by atoms with E-state index < -0.39 is 12.7 Å². The average Bonchev–Trinajstić information content (AvgIpc) is 2.94. The Morgan fingerprint density at radius 2 is 1.93 bits per heavy atom. The fraction of sp³-hybridized carbons (Fsp3) is 0.318. The summed E-state index contributed by atoms with van der Waals surface area (Å²) in [5, 5.41) is 1.04. The number of pyridine rings is 1. The summed E-state index contributed by atoms with van der Waals surface area (Å²) in [6, 6.07) is 10.1. The van der Waals surface area contributed by atoms with Crippen molar-refractivity contribution in [3.63, 3.8) is 0 Å². The van der Waals surface area contributed by atoms with Gasteiger partial charge in [0.1, 0.15) is 0 Å². The van der Waals surface area contributed by atoms with Crippen LogP contribution in [0.3, 0.4) is 0 Å². The number of alkyl halides is 3. The van der Waals surface area contributed by atoms with E-state index in [1.54, 1.807) is 12.4 Å². The van der Waals surface area contributed by atoms with Gasteiger partial charge in [-0.2, -0.15) is 13.2 Å². The lowest BCUT2D eigenvalue weighted by Gasteiger charge is -2.28. The summed E-state index contributed by atoms with van der Waals surface area (Å²) in [7, 11) is 0. The van der Waals surface area contributed by atoms with E-state index >= 15 is 0 Å². The molecule has 0 spiro atoms. The first-order valence-electron chi connectivity index (χ1n) is 9.32. The van der Waals surface area contributed by atoms with Gasteiger partial charge in [0.25, 0.3) is 0 Å². The van der Waals surface area contributed by atoms with Gasteiger partial charge in [-0.1, -0.05) is 11.6 Å². The molecule has 1 aliphatic rings. The monoisotopic (exact) mass is 385 g/mol. The highest BCUT2D eigenvalue weighted by Crippen LogP contribution is 2.34. The lowest BCUT2D eigenvalue weighted by atomic mass is 10.0. The third-order valence-corrected chi connectivity index (χ3v) is 5.28. The molecule has 3 nitrogen and oxygen atoms in total. The maximum absolute atomic E-state index is 12.9. The second kappa shape index (κ2) is 7.09. The number of halogens is 3. The van der Waals surface area contributed by atoms with E-state index in [1.807, 2.05) is 32.0 Å². The number of benzene rings is 1. The van der Waals surface area contributed by atoms with Crippen molar-refractivity contribution in [1.29, 1.82) is 0 Å². The van der Waals surface area contributed by atoms with Gasteiger partial charge in [0.2, 0.25) is 0 Å². The first-order chi connectivity index (χ1) is 13.3. The van der Waals surface area contributed by atoms with Gasteiger partial charge in [0, 0.05) is 49.2 Å². The summed E-state index contributed by atoms with van der Waals surface area (Å²) in [6.45, 7) is 3.92. The maximum atomic E-state index is 12.9. The van der Waals surface area contributed by atoms with E-state index in [4.69, 9.17) is 0 Å². The van der Waals surface area contributed by atoms with Crippen LogP contribution in [0.4, 0.5) is 13.2 Å². The number of rotatable bonds is 3. The van der Waals surface area contributed by atoms with Crippen LogP contribution in [0, 0.1) is 6.92 Å². The number of allylic oxidation sites excluding steroid dienone is 1. The predicted octanol–water partition coefficient (Wildman–Crippen LogP) is 5.28. The van der Waals surface area contributed by atoms with E-state index in [0.29, 0.717) is 19.5 Å². The molecule has 0 amide bonds. The van der Waals surface area contributed by atoms with Crippen molar-refractivity contribution >= 4 is 22.7 Å². The number of hydrogen-bond acceptors (Lipinski definition) is 2. The zero-order chi connectivity index (χ0) is 19.9. The fourth-order valence-corrected chi connectivity index (χ4v) is 3.98. The summed E-state index contributed by atoms with van der Waals surface area (Å²) in [5.74, 6) is 0. The first-order valence-corrected chi connectivity index (χ1v) is 9.32. The van der Waals surface area contributed by atoms with Gasteiger partial charge in [-0.05, 0) is 54.8 Å². The molecule has 3 heterocycles. The largest absolute Gasteiger partial charge is 0.401 e. The molecule has 146 valence electrons. The van der Waals surface area contributed by atoms with Gasteiger partial charge in [-0.25, -0.2) is 0 Å². The van der Waals surface area contributed by atoms with Crippen LogP contribution in [-0.2, 0) is 13.0 Å². The minimum atomic E-state index is -4.18. The van der Waals surface area contributed by atoms with Crippen LogP contribution in [0.25, 0.3) is 22.7 Å². The maximum Gasteiger partial charge on any atom is 0.401 e. The Morgan fingerprint density at radius 1 is 1.18 bits per heavy atom. The molecule has 1 aromatic carbocycles. The van der Waals surface area contributed by atoms with Crippen LogP contribution in [0.1, 0.15) is 29.3 Å². The van der Waals surface area contributed by atoms with Gasteiger partial charge in [0.15, 0.2) is 0 Å². The van der Waals surface area contributed by atoms with Crippen molar-refractivity contribution in [2.45, 2.75) is 33.0 Å². The lowest BCUT2D eigenvalue weighted by molar-refractivity contribution is -0.147. The molecule has 0 bridgehead atoms. The minimum absolute atomic E-state index is 0.323. The van der Waals surface area contributed by atoms with Crippen molar-refractivity contribution in [1.82, 2.24) is 14.5 Å². The second-order valence-corrected chi connectivity index (χ2v) is 7.44. The lowest BCUT2D eigenvalue weighted by Crippen LogP contribution is -2.38. The number of fused-ring (bicyclic) bond motifs is 3. The van der Waals surface area contributed by atoms with Crippen molar-refractivity contribution in [3.05, 3.63) is 65.1 Å². The molecule has 2 aromatic heterocycles. The van der Waals surface area contributed by atoms with E-state index in [1.165, 1.54) is 4.90 Å². The Kier molecular flexibility index (Phi) is 4.75. The van der Waals surface area contributed by atoms with E-state index in [-0.39, 0.29) is 0 Å². The Bertz CT molecular complexity index is 1030. The summed E-state index contributed by atoms with van der Waals surface area (Å²) in [6.07, 6.45) is 2.02. The summed E-state index contributed by atoms with van der Waals surface area (Å²) in [5.41, 5.74) is 6.42. The van der Waals surface area contributed by atoms with Crippen molar-refractivity contribution < 1.29 is 13.2 Å². The molecule has 0 saturated heterocycles. The number of nitrogens with zero attached hydrogens (tertiary/aromatic N) is 3. The highest BCUT2D eigenvalue weighted by atomic mass is 19.4. The molecule has 0 N–H and O–H groups in total. The van der Waals surface area contributed by atoms with E-state index in [2.05, 4.69) is 27.9 Å². The van der Waals surface area contributed by atoms with E-state index in [9.17, 15) is 13.2 Å². The Labute approximate surface area is 162 Å². The Morgan fingerprint density at radius 3 is 2.64 bits per heavy atom. The van der Waals surface area contributed by atoms with Crippen LogP contribution < -0.4 is 0 Å². The summed E-state index contributed by atoms with van der Waals surface area (Å²) < 4.78 is 40.9. The summed E-state index contributed by atoms with van der Waals surface area (Å²) >= 11 is 0. The first kappa shape index (κ1) is 18.7. The van der Waals surface area contributed by atoms with Crippen LogP contribution >= 0.6 is 0 Å². The molecule has 0 aliphatic carbocycles. The van der Waals surface area contributed by atoms with Crippen LogP contribution in [0.15, 0.2) is 42.7 Å². The molecular formula is C22H22F3N3. The van der Waals surface area contributed by atoms with Gasteiger partial charge in [0.05, 0.1) is 12.1 Å². The smallest absolute Gasteiger partial charge is 0.320 e. The zero-order valence-corrected chi connectivity index (χ0v) is 15.9. The molecule has 1 aliphatic heterocycles. The van der Waals surface area contributed by atoms with Gasteiger partial charge in [-0.15, -0.1) is 0 Å². The van der Waals surface area contributed by atoms with Crippen LogP contribution in [0.5, 0.6) is 0 Å². The fourth-order valence-electron chi connectivity index (χ4n) is 3.98. The number of hydrogen-bond donors (Lipinski definition) is 0. The second-order valence-electron chi connectivity index (χ2n) is 7.44. The van der Waals surface area contributed by atoms with Gasteiger partial charge >= 0.3 is 6.18 Å². The Balaban J connectivity index is 1.81. The average molecular weight is 385 g/mol. The molecule has 0 radical (unpaired) electrons. The standard InChI is InChI=1S/C22H22F3N3/c1-15-3-4-20-18(11-15)19-13-27(14-22(23,24)25)10-7-21(19)28(20)12-16(2)17-5-8-26-9-6-17/h3-6,8-9,11-12H,7,10,13-14H2,1-2H3/b16-12-. The molecule has 3 aromatic rings. The highest BCUT2D eigenvalue weighted by Gasteiger charge is 2.33. The molecule has 4 rings (SSSR count). The topological polar surface area (TPSA) is 21.1 Å². The molecule has 0 atom stereocenters. The zero-order valence-electron chi connectivity index (χ0n) is 15.9. The van der Waals surface area contributed by atoms with Crippen LogP contribution in [0.2, 0.25) is 0 Å². The van der Waals surface area contributed by atoms with Gasteiger partial charge < -0.3 is 4.57 Å². The van der Waals surface area contributed by atoms with Crippen molar-refractivity contribution in [2.75, 3.05) is 13.1 Å². The quantitative estimate of drug-likeness (QED) is 0.611. The van der Waals surface area contributed by atoms with E-state index in [0.717, 1.165) is 38.9 Å². The van der Waals surface area contributed by atoms with Crippen LogP contribution in [-0.4, -0.2) is 33.7 Å². The molecule has 0 unspecified atom stereocenters. The third-order valence-electron chi connectivity index (χ3n) is 5.28. The van der Waals surface area contributed by atoms with Crippen molar-refractivity contribution in [3.8, 4) is 0 Å². The van der Waals surface area contributed by atoms with Gasteiger partial charge in [-0.3, -0.25) is 9.88 Å². The third kappa shape index (κ3) is 3.69. The molecule has 0 saturated carbocycles. The minimum Gasteiger partial charge on any atom is -0.320 e. The Hall–Kier alpha value is -2.60. The normalized spacial score (nSPS) is 15.8. The molecular weight excluding hydrogens is 363 g/mol.